The van der Waals surface area contributed by atoms with Gasteiger partial charge in [0.25, 0.3) is 6.02 Å². The second kappa shape index (κ2) is 20.2. The molecule has 162 valence electrons. The van der Waals surface area contributed by atoms with E-state index in [2.05, 4.69) is 81.4 Å². The molecule has 0 aromatic carbocycles. The highest BCUT2D eigenvalue weighted by molar-refractivity contribution is 5.73. The Labute approximate surface area is 175 Å². The maximum Gasteiger partial charge on any atom is 0.285 e. The van der Waals surface area contributed by atoms with E-state index in [1.54, 1.807) is 0 Å². The van der Waals surface area contributed by atoms with Crippen LogP contribution in [0.15, 0.2) is 41.4 Å². The number of nitrogens with zero attached hydrogens (tertiary/aromatic N) is 1. The average Bonchev–Trinajstić information content (AvgIpc) is 2.63. The average molecular weight is 391 g/mol. The summed E-state index contributed by atoms with van der Waals surface area (Å²) in [5, 5.41) is 3.28. The lowest BCUT2D eigenvalue weighted by atomic mass is 10.1. The second-order valence-corrected chi connectivity index (χ2v) is 7.97. The van der Waals surface area contributed by atoms with E-state index in [1.165, 1.54) is 57.8 Å². The first-order chi connectivity index (χ1) is 13.6. The highest BCUT2D eigenvalue weighted by Gasteiger charge is 2.03. The number of aliphatic imine (C=N–C) groups is 1. The van der Waals surface area contributed by atoms with Gasteiger partial charge in [0.2, 0.25) is 0 Å². The van der Waals surface area contributed by atoms with E-state index in [9.17, 15) is 0 Å². The highest BCUT2D eigenvalue weighted by atomic mass is 16.5. The maximum atomic E-state index is 5.80. The SMILES string of the molecule is CCCC/C=C/C=C/C=C\CCCCCCCCOC(=NC(C)C)NC(C)C. The van der Waals surface area contributed by atoms with Crippen molar-refractivity contribution < 1.29 is 4.74 Å². The van der Waals surface area contributed by atoms with Crippen molar-refractivity contribution in [3.63, 3.8) is 0 Å². The fourth-order valence-corrected chi connectivity index (χ4v) is 2.64. The molecule has 3 heteroatoms. The smallest absolute Gasteiger partial charge is 0.285 e. The molecular weight excluding hydrogens is 344 g/mol. The molecule has 3 nitrogen and oxygen atoms in total. The van der Waals surface area contributed by atoms with Crippen LogP contribution in [-0.2, 0) is 4.74 Å². The van der Waals surface area contributed by atoms with Crippen LogP contribution in [0.25, 0.3) is 0 Å². The van der Waals surface area contributed by atoms with Gasteiger partial charge in [0.15, 0.2) is 0 Å². The molecule has 0 radical (unpaired) electrons. The first-order valence-electron chi connectivity index (χ1n) is 11.5. The second-order valence-electron chi connectivity index (χ2n) is 7.97. The van der Waals surface area contributed by atoms with Crippen LogP contribution >= 0.6 is 0 Å². The van der Waals surface area contributed by atoms with Gasteiger partial charge in [-0.1, -0.05) is 81.9 Å². The molecule has 0 unspecified atom stereocenters. The number of nitrogens with one attached hydrogen (secondary N) is 1. The number of allylic oxidation sites excluding steroid dienone is 6. The molecule has 0 rings (SSSR count). The molecule has 0 aliphatic rings. The van der Waals surface area contributed by atoms with Gasteiger partial charge in [-0.15, -0.1) is 0 Å². The molecule has 0 amide bonds. The summed E-state index contributed by atoms with van der Waals surface area (Å²) in [6.07, 6.45) is 25.6. The lowest BCUT2D eigenvalue weighted by Gasteiger charge is -2.15. The Balaban J connectivity index is 3.55. The fraction of sp³-hybridized carbons (Fsp3) is 0.720. The predicted octanol–water partition coefficient (Wildman–Crippen LogP) is 7.35. The van der Waals surface area contributed by atoms with Gasteiger partial charge in [-0.3, -0.25) is 0 Å². The third kappa shape index (κ3) is 20.8. The maximum absolute atomic E-state index is 5.80. The number of hydrogen-bond donors (Lipinski definition) is 1. The van der Waals surface area contributed by atoms with Crippen molar-refractivity contribution in [1.82, 2.24) is 5.32 Å². The molecule has 0 aliphatic carbocycles. The Bertz CT molecular complexity index is 447. The van der Waals surface area contributed by atoms with E-state index < -0.39 is 0 Å². The molecule has 0 atom stereocenters. The summed E-state index contributed by atoms with van der Waals surface area (Å²) >= 11 is 0. The minimum atomic E-state index is 0.257. The molecule has 0 aromatic rings. The van der Waals surface area contributed by atoms with E-state index in [0.29, 0.717) is 12.1 Å². The van der Waals surface area contributed by atoms with E-state index >= 15 is 0 Å². The Kier molecular flexibility index (Phi) is 19.1. The number of ether oxygens (including phenoxy) is 1. The monoisotopic (exact) mass is 390 g/mol. The largest absolute Gasteiger partial charge is 0.465 e. The highest BCUT2D eigenvalue weighted by Crippen LogP contribution is 2.08. The van der Waals surface area contributed by atoms with Crippen LogP contribution in [0.1, 0.15) is 98.8 Å². The summed E-state index contributed by atoms with van der Waals surface area (Å²) < 4.78 is 5.80. The molecule has 0 saturated carbocycles. The van der Waals surface area contributed by atoms with Gasteiger partial charge >= 0.3 is 0 Å². The molecule has 0 aromatic heterocycles. The van der Waals surface area contributed by atoms with Crippen LogP contribution in [0.3, 0.4) is 0 Å². The number of rotatable bonds is 16. The molecule has 0 bridgehead atoms. The van der Waals surface area contributed by atoms with Crippen molar-refractivity contribution >= 4 is 6.02 Å². The molecule has 1 N–H and O–H groups in total. The first-order valence-corrected chi connectivity index (χ1v) is 11.5. The Morgan fingerprint density at radius 2 is 1.36 bits per heavy atom. The Hall–Kier alpha value is -1.51. The summed E-state index contributed by atoms with van der Waals surface area (Å²) in [4.78, 5) is 4.50. The summed E-state index contributed by atoms with van der Waals surface area (Å²) in [6.45, 7) is 11.3. The fourth-order valence-electron chi connectivity index (χ4n) is 2.64. The van der Waals surface area contributed by atoms with Crippen LogP contribution in [0.2, 0.25) is 0 Å². The van der Waals surface area contributed by atoms with Crippen molar-refractivity contribution in [2.24, 2.45) is 4.99 Å². The summed E-state index contributed by atoms with van der Waals surface area (Å²) in [6, 6.07) is 1.31. The van der Waals surface area contributed by atoms with Crippen molar-refractivity contribution in [3.05, 3.63) is 36.5 Å². The van der Waals surface area contributed by atoms with Gasteiger partial charge < -0.3 is 10.1 Å². The van der Waals surface area contributed by atoms with Crippen LogP contribution in [0, 0.1) is 0 Å². The lowest BCUT2D eigenvalue weighted by molar-refractivity contribution is 0.272. The zero-order chi connectivity index (χ0) is 20.9. The van der Waals surface area contributed by atoms with Gasteiger partial charge in [0.1, 0.15) is 0 Å². The van der Waals surface area contributed by atoms with Crippen molar-refractivity contribution in [1.29, 1.82) is 0 Å². The zero-order valence-corrected chi connectivity index (χ0v) is 19.3. The van der Waals surface area contributed by atoms with Gasteiger partial charge in [-0.25, -0.2) is 4.99 Å². The summed E-state index contributed by atoms with van der Waals surface area (Å²) in [5.74, 6) is 0. The standard InChI is InChI=1S/C25H46N2O/c1-6-7-8-9-10-11-12-13-14-15-16-17-18-19-20-21-22-28-25(26-23(2)3)27-24(4)5/h9-14,23-24H,6-8,15-22H2,1-5H3,(H,26,27)/b10-9+,12-11+,14-13-. The van der Waals surface area contributed by atoms with E-state index in [4.69, 9.17) is 4.74 Å². The molecule has 0 aliphatic heterocycles. The number of hydrogen-bond acceptors (Lipinski definition) is 2. The van der Waals surface area contributed by atoms with Crippen LogP contribution in [0.4, 0.5) is 0 Å². The molecule has 0 heterocycles. The zero-order valence-electron chi connectivity index (χ0n) is 19.3. The third-order valence-electron chi connectivity index (χ3n) is 4.12. The van der Waals surface area contributed by atoms with Crippen molar-refractivity contribution in [2.75, 3.05) is 6.61 Å². The predicted molar refractivity (Wildman–Crippen MR) is 126 cm³/mol. The van der Waals surface area contributed by atoms with Gasteiger partial charge in [0, 0.05) is 12.1 Å². The van der Waals surface area contributed by atoms with E-state index in [1.807, 2.05) is 0 Å². The molecule has 28 heavy (non-hydrogen) atoms. The van der Waals surface area contributed by atoms with E-state index in [-0.39, 0.29) is 6.04 Å². The molecule has 0 fully saturated rings. The summed E-state index contributed by atoms with van der Waals surface area (Å²) in [5.41, 5.74) is 0. The van der Waals surface area contributed by atoms with E-state index in [0.717, 1.165) is 13.0 Å². The first kappa shape index (κ1) is 26.5. The van der Waals surface area contributed by atoms with Crippen LogP contribution in [0.5, 0.6) is 0 Å². The third-order valence-corrected chi connectivity index (χ3v) is 4.12. The molecule has 0 saturated heterocycles. The van der Waals surface area contributed by atoms with Gasteiger partial charge in [-0.05, 0) is 53.4 Å². The van der Waals surface area contributed by atoms with Crippen molar-refractivity contribution in [2.45, 2.75) is 111 Å². The molecule has 0 spiro atoms. The topological polar surface area (TPSA) is 33.6 Å². The minimum absolute atomic E-state index is 0.257. The number of unbranched alkanes of at least 4 members (excludes halogenated alkanes) is 8. The quantitative estimate of drug-likeness (QED) is 0.129. The van der Waals surface area contributed by atoms with Crippen LogP contribution in [-0.4, -0.2) is 24.7 Å². The van der Waals surface area contributed by atoms with Gasteiger partial charge in [-0.2, -0.15) is 0 Å². The number of amidine groups is 1. The lowest BCUT2D eigenvalue weighted by Crippen LogP contribution is -2.33. The Morgan fingerprint density at radius 3 is 1.93 bits per heavy atom. The minimum Gasteiger partial charge on any atom is -0.465 e. The Morgan fingerprint density at radius 1 is 0.786 bits per heavy atom. The summed E-state index contributed by atoms with van der Waals surface area (Å²) in [7, 11) is 0. The van der Waals surface area contributed by atoms with Crippen molar-refractivity contribution in [3.8, 4) is 0 Å². The molecular formula is C25H46N2O. The van der Waals surface area contributed by atoms with Crippen LogP contribution < -0.4 is 5.32 Å². The van der Waals surface area contributed by atoms with Gasteiger partial charge in [0.05, 0.1) is 6.61 Å². The normalized spacial score (nSPS) is 13.0.